The summed E-state index contributed by atoms with van der Waals surface area (Å²) in [5, 5.41) is 6.79. The van der Waals surface area contributed by atoms with E-state index in [4.69, 9.17) is 5.73 Å². The number of aryl methyl sites for hydroxylation is 2. The van der Waals surface area contributed by atoms with Crippen LogP contribution in [0.15, 0.2) is 33.8 Å². The summed E-state index contributed by atoms with van der Waals surface area (Å²) in [5.41, 5.74) is 8.08. The Morgan fingerprint density at radius 1 is 1.43 bits per heavy atom. The summed E-state index contributed by atoms with van der Waals surface area (Å²) in [6, 6.07) is 4.71. The molecular formula is C13H17BrN4O2S. The molecule has 0 aliphatic rings. The standard InChI is InChI=1S/C13H17BrN4O2S/c1-9-10(8-16-18-9)3-2-6-17-21(19,20)13-5-4-11(14)7-12(13)15/h4-5,7-8,17H,2-3,6,15H2,1H3,(H,16,18). The fourth-order valence-electron chi connectivity index (χ4n) is 1.95. The molecule has 0 saturated heterocycles. The van der Waals surface area contributed by atoms with Crippen LogP contribution in [0.4, 0.5) is 5.69 Å². The minimum Gasteiger partial charge on any atom is -0.398 e. The molecule has 0 fully saturated rings. The fraction of sp³-hybridized carbons (Fsp3) is 0.308. The van der Waals surface area contributed by atoms with Crippen molar-refractivity contribution in [1.29, 1.82) is 0 Å². The van der Waals surface area contributed by atoms with Crippen LogP contribution >= 0.6 is 15.9 Å². The third-order valence-corrected chi connectivity index (χ3v) is 5.14. The molecule has 0 unspecified atom stereocenters. The van der Waals surface area contributed by atoms with Gasteiger partial charge in [0.1, 0.15) is 4.90 Å². The summed E-state index contributed by atoms with van der Waals surface area (Å²) in [4.78, 5) is 0.102. The van der Waals surface area contributed by atoms with Gasteiger partial charge in [-0.15, -0.1) is 0 Å². The van der Waals surface area contributed by atoms with Crippen LogP contribution in [0, 0.1) is 6.92 Å². The molecule has 0 spiro atoms. The van der Waals surface area contributed by atoms with Crippen molar-refractivity contribution in [3.63, 3.8) is 0 Å². The van der Waals surface area contributed by atoms with E-state index in [0.717, 1.165) is 22.2 Å². The van der Waals surface area contributed by atoms with E-state index < -0.39 is 10.0 Å². The molecule has 0 aliphatic carbocycles. The Bertz CT molecular complexity index is 728. The van der Waals surface area contributed by atoms with Crippen molar-refractivity contribution in [3.05, 3.63) is 40.1 Å². The monoisotopic (exact) mass is 372 g/mol. The molecule has 0 amide bonds. The quantitative estimate of drug-likeness (QED) is 0.532. The normalized spacial score (nSPS) is 11.7. The van der Waals surface area contributed by atoms with Crippen molar-refractivity contribution in [1.82, 2.24) is 14.9 Å². The number of rotatable bonds is 6. The van der Waals surface area contributed by atoms with Gasteiger partial charge >= 0.3 is 0 Å². The minimum atomic E-state index is -3.58. The van der Waals surface area contributed by atoms with Gasteiger partial charge in [0, 0.05) is 16.7 Å². The maximum Gasteiger partial charge on any atom is 0.242 e. The predicted molar refractivity (Wildman–Crippen MR) is 85.4 cm³/mol. The summed E-state index contributed by atoms with van der Waals surface area (Å²) in [6.07, 6.45) is 3.22. The van der Waals surface area contributed by atoms with E-state index in [0.29, 0.717) is 13.0 Å². The Morgan fingerprint density at radius 3 is 2.81 bits per heavy atom. The highest BCUT2D eigenvalue weighted by Gasteiger charge is 2.16. The van der Waals surface area contributed by atoms with E-state index in [2.05, 4.69) is 30.8 Å². The zero-order valence-corrected chi connectivity index (χ0v) is 14.0. The number of hydrogen-bond donors (Lipinski definition) is 3. The SMILES string of the molecule is Cc1[nH]ncc1CCCNS(=O)(=O)c1ccc(Br)cc1N. The van der Waals surface area contributed by atoms with Gasteiger partial charge in [-0.3, -0.25) is 5.10 Å². The van der Waals surface area contributed by atoms with Crippen molar-refractivity contribution in [2.24, 2.45) is 0 Å². The number of nitrogens with zero attached hydrogens (tertiary/aromatic N) is 1. The number of nitrogens with one attached hydrogen (secondary N) is 2. The summed E-state index contributed by atoms with van der Waals surface area (Å²) in [5.74, 6) is 0. The topological polar surface area (TPSA) is 101 Å². The van der Waals surface area contributed by atoms with Gasteiger partial charge in [-0.2, -0.15) is 5.10 Å². The molecule has 6 nitrogen and oxygen atoms in total. The number of aromatic amines is 1. The van der Waals surface area contributed by atoms with E-state index in [1.807, 2.05) is 6.92 Å². The second kappa shape index (κ2) is 6.59. The maximum absolute atomic E-state index is 12.2. The Kier molecular flexibility index (Phi) is 5.02. The maximum atomic E-state index is 12.2. The number of H-pyrrole nitrogens is 1. The van der Waals surface area contributed by atoms with E-state index in [9.17, 15) is 8.42 Å². The first kappa shape index (κ1) is 16.0. The van der Waals surface area contributed by atoms with Crippen molar-refractivity contribution in [3.8, 4) is 0 Å². The lowest BCUT2D eigenvalue weighted by atomic mass is 10.1. The molecule has 0 bridgehead atoms. The van der Waals surface area contributed by atoms with E-state index in [1.165, 1.54) is 6.07 Å². The number of nitrogen functional groups attached to an aromatic ring is 1. The van der Waals surface area contributed by atoms with Crippen LogP contribution in [0.3, 0.4) is 0 Å². The van der Waals surface area contributed by atoms with Gasteiger partial charge < -0.3 is 5.73 Å². The zero-order chi connectivity index (χ0) is 15.5. The Hall–Kier alpha value is -1.38. The summed E-state index contributed by atoms with van der Waals surface area (Å²) >= 11 is 3.25. The molecule has 1 aromatic carbocycles. The molecular weight excluding hydrogens is 356 g/mol. The molecule has 0 atom stereocenters. The molecule has 114 valence electrons. The van der Waals surface area contributed by atoms with Crippen molar-refractivity contribution < 1.29 is 8.42 Å². The highest BCUT2D eigenvalue weighted by molar-refractivity contribution is 9.10. The van der Waals surface area contributed by atoms with Crippen LogP contribution in [0.5, 0.6) is 0 Å². The molecule has 0 aliphatic heterocycles. The molecule has 0 radical (unpaired) electrons. The van der Waals surface area contributed by atoms with Crippen LogP contribution in [0.25, 0.3) is 0 Å². The van der Waals surface area contributed by atoms with Gasteiger partial charge in [-0.25, -0.2) is 13.1 Å². The Balaban J connectivity index is 1.94. The highest BCUT2D eigenvalue weighted by Crippen LogP contribution is 2.22. The summed E-state index contributed by atoms with van der Waals surface area (Å²) in [6.45, 7) is 2.29. The van der Waals surface area contributed by atoms with Gasteiger partial charge in [0.05, 0.1) is 11.9 Å². The van der Waals surface area contributed by atoms with E-state index >= 15 is 0 Å². The van der Waals surface area contributed by atoms with E-state index in [1.54, 1.807) is 18.3 Å². The highest BCUT2D eigenvalue weighted by atomic mass is 79.9. The van der Waals surface area contributed by atoms with Crippen molar-refractivity contribution >= 4 is 31.6 Å². The third kappa shape index (κ3) is 4.05. The lowest BCUT2D eigenvalue weighted by Gasteiger charge is -2.09. The first-order chi connectivity index (χ1) is 9.90. The second-order valence-corrected chi connectivity index (χ2v) is 7.35. The molecule has 2 rings (SSSR count). The zero-order valence-electron chi connectivity index (χ0n) is 11.6. The number of nitrogens with two attached hydrogens (primary N) is 1. The molecule has 1 aromatic heterocycles. The van der Waals surface area contributed by atoms with Crippen LogP contribution in [0.2, 0.25) is 0 Å². The van der Waals surface area contributed by atoms with Crippen molar-refractivity contribution in [2.75, 3.05) is 12.3 Å². The predicted octanol–water partition coefficient (Wildman–Crippen LogP) is 1.97. The van der Waals surface area contributed by atoms with Gasteiger partial charge in [0.15, 0.2) is 0 Å². The van der Waals surface area contributed by atoms with Crippen LogP contribution in [-0.4, -0.2) is 25.2 Å². The Morgan fingerprint density at radius 2 is 2.19 bits per heavy atom. The molecule has 8 heteroatoms. The van der Waals surface area contributed by atoms with Crippen molar-refractivity contribution in [2.45, 2.75) is 24.7 Å². The molecule has 21 heavy (non-hydrogen) atoms. The van der Waals surface area contributed by atoms with E-state index in [-0.39, 0.29) is 10.6 Å². The lowest BCUT2D eigenvalue weighted by Crippen LogP contribution is -2.26. The van der Waals surface area contributed by atoms with Gasteiger partial charge in [-0.1, -0.05) is 15.9 Å². The van der Waals surface area contributed by atoms with Crippen LogP contribution in [-0.2, 0) is 16.4 Å². The number of benzene rings is 1. The largest absolute Gasteiger partial charge is 0.398 e. The number of halogens is 1. The average Bonchev–Trinajstić information content (AvgIpc) is 2.80. The number of sulfonamides is 1. The van der Waals surface area contributed by atoms with Gasteiger partial charge in [0.25, 0.3) is 0 Å². The first-order valence-electron chi connectivity index (χ1n) is 6.43. The number of hydrogen-bond acceptors (Lipinski definition) is 4. The molecule has 4 N–H and O–H groups in total. The molecule has 2 aromatic rings. The minimum absolute atomic E-state index is 0.102. The number of aromatic nitrogens is 2. The Labute approximate surface area is 132 Å². The first-order valence-corrected chi connectivity index (χ1v) is 8.71. The lowest BCUT2D eigenvalue weighted by molar-refractivity contribution is 0.579. The van der Waals surface area contributed by atoms with Gasteiger partial charge in [0.2, 0.25) is 10.0 Å². The van der Waals surface area contributed by atoms with Gasteiger partial charge in [-0.05, 0) is 43.5 Å². The summed E-state index contributed by atoms with van der Waals surface area (Å²) < 4.78 is 27.6. The average molecular weight is 373 g/mol. The summed E-state index contributed by atoms with van der Waals surface area (Å²) in [7, 11) is -3.58. The molecule has 0 saturated carbocycles. The second-order valence-electron chi connectivity index (χ2n) is 4.70. The number of anilines is 1. The fourth-order valence-corrected chi connectivity index (χ4v) is 3.52. The van der Waals surface area contributed by atoms with Crippen LogP contribution in [0.1, 0.15) is 17.7 Å². The molecule has 1 heterocycles. The van der Waals surface area contributed by atoms with Crippen LogP contribution < -0.4 is 10.5 Å². The third-order valence-electron chi connectivity index (χ3n) is 3.11. The smallest absolute Gasteiger partial charge is 0.242 e.